The van der Waals surface area contributed by atoms with E-state index in [4.69, 9.17) is 4.74 Å². The van der Waals surface area contributed by atoms with E-state index in [1.165, 1.54) is 0 Å². The fourth-order valence-electron chi connectivity index (χ4n) is 6.26. The lowest BCUT2D eigenvalue weighted by atomic mass is 9.85. The van der Waals surface area contributed by atoms with E-state index < -0.39 is 0 Å². The molecule has 1 N–H and O–H groups in total. The molecule has 0 amide bonds. The molecule has 2 aliphatic heterocycles. The Balaban J connectivity index is 1.47. The molecule has 5 nitrogen and oxygen atoms in total. The monoisotopic (exact) mass is 488 g/mol. The van der Waals surface area contributed by atoms with E-state index in [0.717, 1.165) is 85.4 Å². The molecule has 1 aromatic heterocycles. The number of likely N-dealkylation sites (tertiary alicyclic amines) is 1. The second-order valence-electron chi connectivity index (χ2n) is 10.7. The van der Waals surface area contributed by atoms with Gasteiger partial charge in [-0.25, -0.2) is 4.39 Å². The maximum atomic E-state index is 16.4. The van der Waals surface area contributed by atoms with Gasteiger partial charge >= 0.3 is 0 Å². The number of H-pyrrole nitrogens is 1. The number of aromatic nitrogens is 1. The number of fused-ring (bicyclic) bond motifs is 1. The van der Waals surface area contributed by atoms with E-state index in [0.29, 0.717) is 17.3 Å². The predicted molar refractivity (Wildman–Crippen MR) is 144 cm³/mol. The normalized spacial score (nSPS) is 18.1. The molecule has 0 radical (unpaired) electrons. The summed E-state index contributed by atoms with van der Waals surface area (Å²) in [5.41, 5.74) is 5.12. The Hall–Kier alpha value is -2.88. The summed E-state index contributed by atoms with van der Waals surface area (Å²) >= 11 is 0. The van der Waals surface area contributed by atoms with Gasteiger partial charge in [-0.2, -0.15) is 5.26 Å². The summed E-state index contributed by atoms with van der Waals surface area (Å²) in [6.07, 6.45) is 4.19. The second kappa shape index (κ2) is 10.2. The van der Waals surface area contributed by atoms with Gasteiger partial charge in [0.2, 0.25) is 0 Å². The van der Waals surface area contributed by atoms with Gasteiger partial charge in [0.15, 0.2) is 5.82 Å². The van der Waals surface area contributed by atoms with Crippen molar-refractivity contribution in [3.8, 4) is 6.07 Å². The third kappa shape index (κ3) is 4.51. The zero-order valence-electron chi connectivity index (χ0n) is 21.9. The highest BCUT2D eigenvalue weighted by Crippen LogP contribution is 2.41. The van der Waals surface area contributed by atoms with Crippen molar-refractivity contribution < 1.29 is 9.13 Å². The molecule has 2 saturated heterocycles. The standard InChI is InChI=1S/C30H37FN4O/c1-19(2)35(30-21(4)25-7-6-22(18-32)17-26(25)33-30)27-8-5-20(3)28(29(27)31)23-9-13-34(14-10-23)24-11-15-36-16-12-24/h5-8,17,19,23-24,33H,9-16H2,1-4H3. The van der Waals surface area contributed by atoms with E-state index in [1.54, 1.807) is 0 Å². The first kappa shape index (κ1) is 24.8. The van der Waals surface area contributed by atoms with Gasteiger partial charge in [-0.3, -0.25) is 0 Å². The van der Waals surface area contributed by atoms with Crippen molar-refractivity contribution in [2.75, 3.05) is 31.2 Å². The first-order valence-electron chi connectivity index (χ1n) is 13.3. The van der Waals surface area contributed by atoms with E-state index in [2.05, 4.69) is 47.7 Å². The lowest BCUT2D eigenvalue weighted by Crippen LogP contribution is -2.43. The summed E-state index contributed by atoms with van der Waals surface area (Å²) in [5, 5.41) is 10.4. The Bertz CT molecular complexity index is 1280. The molecule has 2 fully saturated rings. The van der Waals surface area contributed by atoms with Gasteiger partial charge in [-0.15, -0.1) is 0 Å². The molecule has 5 rings (SSSR count). The summed E-state index contributed by atoms with van der Waals surface area (Å²) in [4.78, 5) is 8.17. The molecule has 0 aliphatic carbocycles. The van der Waals surface area contributed by atoms with E-state index in [-0.39, 0.29) is 17.8 Å². The van der Waals surface area contributed by atoms with Gasteiger partial charge in [0, 0.05) is 36.2 Å². The van der Waals surface area contributed by atoms with E-state index >= 15 is 4.39 Å². The smallest absolute Gasteiger partial charge is 0.150 e. The molecular formula is C30H37FN4O. The molecule has 3 aromatic rings. The quantitative estimate of drug-likeness (QED) is 0.434. The summed E-state index contributed by atoms with van der Waals surface area (Å²) in [6, 6.07) is 12.6. The molecule has 0 atom stereocenters. The Morgan fingerprint density at radius 3 is 2.47 bits per heavy atom. The zero-order valence-corrected chi connectivity index (χ0v) is 21.9. The molecular weight excluding hydrogens is 451 g/mol. The first-order chi connectivity index (χ1) is 17.4. The van der Waals surface area contributed by atoms with Gasteiger partial charge in [0.25, 0.3) is 0 Å². The first-order valence-corrected chi connectivity index (χ1v) is 13.3. The van der Waals surface area contributed by atoms with Crippen LogP contribution in [0.15, 0.2) is 30.3 Å². The largest absolute Gasteiger partial charge is 0.381 e. The number of benzene rings is 2. The van der Waals surface area contributed by atoms with Crippen LogP contribution in [0.2, 0.25) is 0 Å². The van der Waals surface area contributed by atoms with Crippen LogP contribution in [0.5, 0.6) is 0 Å². The lowest BCUT2D eigenvalue weighted by Gasteiger charge is -2.40. The molecule has 2 aliphatic rings. The lowest BCUT2D eigenvalue weighted by molar-refractivity contribution is 0.0250. The van der Waals surface area contributed by atoms with Gasteiger partial charge in [-0.05, 0) is 107 Å². The van der Waals surface area contributed by atoms with Crippen LogP contribution in [-0.2, 0) is 4.74 Å². The van der Waals surface area contributed by atoms with E-state index in [1.807, 2.05) is 31.2 Å². The number of aromatic amines is 1. The topological polar surface area (TPSA) is 55.3 Å². The summed E-state index contributed by atoms with van der Waals surface area (Å²) in [6.45, 7) is 12.1. The number of nitrogens with one attached hydrogen (secondary N) is 1. The third-order valence-electron chi connectivity index (χ3n) is 8.20. The summed E-state index contributed by atoms with van der Waals surface area (Å²) in [7, 11) is 0. The maximum Gasteiger partial charge on any atom is 0.150 e. The minimum absolute atomic E-state index is 0.0487. The minimum Gasteiger partial charge on any atom is -0.381 e. The number of rotatable bonds is 5. The number of nitriles is 1. The van der Waals surface area contributed by atoms with Crippen LogP contribution in [-0.4, -0.2) is 48.3 Å². The fraction of sp³-hybridized carbons (Fsp3) is 0.500. The number of piperidine rings is 1. The zero-order chi connectivity index (χ0) is 25.4. The van der Waals surface area contributed by atoms with Gasteiger partial charge < -0.3 is 19.5 Å². The number of nitrogens with zero attached hydrogens (tertiary/aromatic N) is 3. The van der Waals surface area contributed by atoms with Crippen LogP contribution in [0.4, 0.5) is 15.9 Å². The molecule has 0 unspecified atom stereocenters. The maximum absolute atomic E-state index is 16.4. The van der Waals surface area contributed by atoms with E-state index in [9.17, 15) is 5.26 Å². The molecule has 0 bridgehead atoms. The highest BCUT2D eigenvalue weighted by Gasteiger charge is 2.31. The second-order valence-corrected chi connectivity index (χ2v) is 10.7. The SMILES string of the molecule is Cc1ccc(N(c2[nH]c3cc(C#N)ccc3c2C)C(C)C)c(F)c1C1CCN(C2CCOCC2)CC1. The van der Waals surface area contributed by atoms with Gasteiger partial charge in [-0.1, -0.05) is 12.1 Å². The molecule has 0 saturated carbocycles. The Morgan fingerprint density at radius 2 is 1.81 bits per heavy atom. The number of hydrogen-bond acceptors (Lipinski definition) is 4. The van der Waals surface area contributed by atoms with Crippen molar-refractivity contribution in [1.29, 1.82) is 5.26 Å². The Morgan fingerprint density at radius 1 is 1.08 bits per heavy atom. The van der Waals surface area contributed by atoms with Gasteiger partial charge in [0.1, 0.15) is 5.82 Å². The van der Waals surface area contributed by atoms with Crippen LogP contribution in [0.3, 0.4) is 0 Å². The van der Waals surface area contributed by atoms with Crippen molar-refractivity contribution in [2.24, 2.45) is 0 Å². The average Bonchev–Trinajstić information content (AvgIpc) is 3.21. The summed E-state index contributed by atoms with van der Waals surface area (Å²) in [5.74, 6) is 1.03. The molecule has 0 spiro atoms. The van der Waals surface area contributed by atoms with Crippen molar-refractivity contribution in [2.45, 2.75) is 71.4 Å². The number of ether oxygens (including phenoxy) is 1. The van der Waals surface area contributed by atoms with Crippen LogP contribution in [0.1, 0.15) is 67.7 Å². The number of anilines is 2. The van der Waals surface area contributed by atoms with Crippen molar-refractivity contribution >= 4 is 22.4 Å². The Kier molecular flexibility index (Phi) is 7.05. The van der Waals surface area contributed by atoms with Gasteiger partial charge in [0.05, 0.1) is 17.3 Å². The van der Waals surface area contributed by atoms with Crippen LogP contribution >= 0.6 is 0 Å². The third-order valence-corrected chi connectivity index (χ3v) is 8.20. The molecule has 3 heterocycles. The number of aryl methyl sites for hydroxylation is 2. The highest BCUT2D eigenvalue weighted by molar-refractivity contribution is 5.91. The fourth-order valence-corrected chi connectivity index (χ4v) is 6.26. The number of halogens is 1. The molecule has 190 valence electrons. The predicted octanol–water partition coefficient (Wildman–Crippen LogP) is 6.70. The molecule has 2 aromatic carbocycles. The van der Waals surface area contributed by atoms with Crippen LogP contribution < -0.4 is 4.90 Å². The Labute approximate surface area is 213 Å². The number of hydrogen-bond donors (Lipinski definition) is 1. The van der Waals surface area contributed by atoms with Crippen molar-refractivity contribution in [3.05, 3.63) is 58.4 Å². The van der Waals surface area contributed by atoms with Crippen LogP contribution in [0, 0.1) is 31.0 Å². The van der Waals surface area contributed by atoms with Crippen molar-refractivity contribution in [1.82, 2.24) is 9.88 Å². The summed E-state index contributed by atoms with van der Waals surface area (Å²) < 4.78 is 22.0. The average molecular weight is 489 g/mol. The highest BCUT2D eigenvalue weighted by atomic mass is 19.1. The molecule has 6 heteroatoms. The molecule has 36 heavy (non-hydrogen) atoms. The van der Waals surface area contributed by atoms with Crippen molar-refractivity contribution in [3.63, 3.8) is 0 Å². The van der Waals surface area contributed by atoms with Crippen LogP contribution in [0.25, 0.3) is 10.9 Å². The minimum atomic E-state index is -0.0935.